The molecule has 3 rings (SSSR count). The van der Waals surface area contributed by atoms with Gasteiger partial charge in [-0.25, -0.2) is 4.79 Å². The van der Waals surface area contributed by atoms with Crippen LogP contribution >= 0.6 is 0 Å². The molecule has 0 bridgehead atoms. The third-order valence-electron chi connectivity index (χ3n) is 4.46. The molecule has 2 radical (unpaired) electrons. The molecular weight excluding hydrogens is 359 g/mol. The maximum Gasteiger partial charge on any atom is 0.338 e. The maximum atomic E-state index is 12.6. The van der Waals surface area contributed by atoms with Crippen molar-refractivity contribution < 1.29 is 31.2 Å². The van der Waals surface area contributed by atoms with Crippen molar-refractivity contribution in [1.29, 1.82) is 0 Å². The van der Waals surface area contributed by atoms with Crippen molar-refractivity contribution in [2.24, 2.45) is 0 Å². The number of carbonyl (C=O) groups excluding carboxylic acids is 1. The Bertz CT molecular complexity index is 805. The van der Waals surface area contributed by atoms with E-state index in [0.29, 0.717) is 5.56 Å². The van der Waals surface area contributed by atoms with Crippen molar-refractivity contribution in [3.8, 4) is 5.75 Å². The fourth-order valence-corrected chi connectivity index (χ4v) is 3.00. The third kappa shape index (κ3) is 4.92. The quantitative estimate of drug-likeness (QED) is 0.514. The monoisotopic (exact) mass is 385 g/mol. The highest BCUT2D eigenvalue weighted by Gasteiger charge is 2.45. The second-order valence-electron chi connectivity index (χ2n) is 6.33. The van der Waals surface area contributed by atoms with Crippen LogP contribution in [0.4, 0.5) is 0 Å². The van der Waals surface area contributed by atoms with E-state index in [-0.39, 0.29) is 13.2 Å². The van der Waals surface area contributed by atoms with Crippen LogP contribution in [0.25, 0.3) is 0 Å². The van der Waals surface area contributed by atoms with Crippen molar-refractivity contribution in [3.63, 3.8) is 0 Å². The Morgan fingerprint density at radius 2 is 1.96 bits per heavy atom. The zero-order valence-corrected chi connectivity index (χ0v) is 15.5. The Balaban J connectivity index is 1.71. The van der Waals surface area contributed by atoms with E-state index in [0.717, 1.165) is 11.3 Å². The van der Waals surface area contributed by atoms with Crippen LogP contribution in [0.5, 0.6) is 5.75 Å². The lowest BCUT2D eigenvalue weighted by molar-refractivity contribution is -0.0560. The lowest BCUT2D eigenvalue weighted by Gasteiger charge is -2.24. The molecule has 0 spiro atoms. The molecule has 1 heterocycles. The molecule has 1 aliphatic heterocycles. The zero-order chi connectivity index (χ0) is 21.5. The summed E-state index contributed by atoms with van der Waals surface area (Å²) in [5.41, 5.74) is 1.26. The van der Waals surface area contributed by atoms with Crippen molar-refractivity contribution in [2.75, 3.05) is 20.8 Å². The molecule has 5 unspecified atom stereocenters. The normalized spacial score (nSPS) is 26.2. The second kappa shape index (κ2) is 9.73. The number of carbonyl (C=O) groups is 1. The van der Waals surface area contributed by atoms with Gasteiger partial charge in [-0.2, -0.15) is 0 Å². The van der Waals surface area contributed by atoms with Gasteiger partial charge in [0, 0.05) is 13.1 Å². The van der Waals surface area contributed by atoms with Gasteiger partial charge < -0.3 is 23.7 Å². The van der Waals surface area contributed by atoms with E-state index in [2.05, 4.69) is 0 Å². The highest BCUT2D eigenvalue weighted by atomic mass is 16.6. The first kappa shape index (κ1) is 17.7. The molecule has 5 atom stereocenters. The van der Waals surface area contributed by atoms with Crippen molar-refractivity contribution in [3.05, 3.63) is 65.7 Å². The third-order valence-corrected chi connectivity index (χ3v) is 4.46. The van der Waals surface area contributed by atoms with E-state index in [9.17, 15) is 4.79 Å². The summed E-state index contributed by atoms with van der Waals surface area (Å²) in [6.45, 7) is 0.0959. The van der Waals surface area contributed by atoms with Crippen LogP contribution in [0, 0.1) is 0 Å². The summed E-state index contributed by atoms with van der Waals surface area (Å²) in [6, 6.07) is 15.0. The van der Waals surface area contributed by atoms with E-state index in [4.69, 9.17) is 34.3 Å². The highest BCUT2D eigenvalue weighted by molar-refractivity contribution is 6.11. The first-order valence-electron chi connectivity index (χ1n) is 10.0. The molecule has 0 aliphatic carbocycles. The Hall–Kier alpha value is -2.35. The minimum atomic E-state index is -1.49. The van der Waals surface area contributed by atoms with Gasteiger partial charge in [0.05, 0.1) is 28.6 Å². The summed E-state index contributed by atoms with van der Waals surface area (Å²) in [7, 11) is 6.18. The van der Waals surface area contributed by atoms with E-state index in [1.54, 1.807) is 37.4 Å². The van der Waals surface area contributed by atoms with Gasteiger partial charge in [0.2, 0.25) is 0 Å². The number of methoxy groups -OCH3 is 2. The smallest absolute Gasteiger partial charge is 0.338 e. The predicted molar refractivity (Wildman–Crippen MR) is 104 cm³/mol. The average molecular weight is 385 g/mol. The van der Waals surface area contributed by atoms with E-state index in [1.165, 1.54) is 0 Å². The van der Waals surface area contributed by atoms with Gasteiger partial charge in [0.15, 0.2) is 6.10 Å². The summed E-state index contributed by atoms with van der Waals surface area (Å²) in [4.78, 5) is 12.6. The lowest BCUT2D eigenvalue weighted by atomic mass is 9.92. The Kier molecular flexibility index (Phi) is 6.16. The van der Waals surface area contributed by atoms with E-state index < -0.39 is 37.3 Å². The number of ether oxygens (including phenoxy) is 5. The maximum absolute atomic E-state index is 12.6. The number of hydrogen-bond acceptors (Lipinski definition) is 6. The van der Waals surface area contributed by atoms with Gasteiger partial charge in [0.1, 0.15) is 25.8 Å². The highest BCUT2D eigenvalue weighted by Crippen LogP contribution is 2.27. The SMILES string of the molecule is [2H]C([3H])OCC1OC([B])C(OCc2ccc(OC)cc2)C1OC(=O)c1ccccc1. The van der Waals surface area contributed by atoms with Gasteiger partial charge in [0.25, 0.3) is 0 Å². The van der Waals surface area contributed by atoms with E-state index in [1.807, 2.05) is 24.3 Å². The molecule has 0 saturated carbocycles. The molecule has 2 aromatic carbocycles. The average Bonchev–Trinajstić information content (AvgIpc) is 3.05. The minimum absolute atomic E-state index is 0.125. The molecule has 2 aromatic rings. The molecule has 1 saturated heterocycles. The zero-order valence-electron chi connectivity index (χ0n) is 17.5. The van der Waals surface area contributed by atoms with Crippen molar-refractivity contribution in [1.82, 2.24) is 0 Å². The second-order valence-corrected chi connectivity index (χ2v) is 6.33. The van der Waals surface area contributed by atoms with Gasteiger partial charge in [-0.1, -0.05) is 30.3 Å². The summed E-state index contributed by atoms with van der Waals surface area (Å²) in [6.07, 6.45) is -2.36. The molecule has 1 aliphatic rings. The fraction of sp³-hybridized carbons (Fsp3) is 0.381. The van der Waals surface area contributed by atoms with Crippen LogP contribution in [0.3, 0.4) is 0 Å². The fourth-order valence-electron chi connectivity index (χ4n) is 3.00. The first-order chi connectivity index (χ1) is 14.5. The summed E-state index contributed by atoms with van der Waals surface area (Å²) < 4.78 is 41.9. The van der Waals surface area contributed by atoms with Crippen LogP contribution in [0.1, 0.15) is 18.7 Å². The van der Waals surface area contributed by atoms with Crippen molar-refractivity contribution in [2.45, 2.75) is 30.9 Å². The standard InChI is InChI=1S/C21H23BO6/c1-24-13-17-18(28-21(23)15-6-4-3-5-7-15)19(20(22)27-17)26-12-14-8-10-16(25-2)11-9-14/h3-11,17-20H,12-13H2,1-2H3/i1TD. The molecule has 28 heavy (non-hydrogen) atoms. The largest absolute Gasteiger partial charge is 0.497 e. The Labute approximate surface area is 168 Å². The van der Waals surface area contributed by atoms with Gasteiger partial charge in [-0.05, 0) is 29.8 Å². The number of hydrogen-bond donors (Lipinski definition) is 0. The Morgan fingerprint density at radius 3 is 2.64 bits per heavy atom. The molecule has 6 nitrogen and oxygen atoms in total. The summed E-state index contributed by atoms with van der Waals surface area (Å²) >= 11 is 0. The number of benzene rings is 2. The topological polar surface area (TPSA) is 63.2 Å². The molecular formula is C21H23BO6. The van der Waals surface area contributed by atoms with Gasteiger partial charge >= 0.3 is 5.97 Å². The first-order valence-corrected chi connectivity index (χ1v) is 8.85. The molecule has 0 N–H and O–H groups in total. The Morgan fingerprint density at radius 1 is 1.21 bits per heavy atom. The van der Waals surface area contributed by atoms with Gasteiger partial charge in [-0.3, -0.25) is 0 Å². The summed E-state index contributed by atoms with van der Waals surface area (Å²) in [5.74, 6) is 0.182. The number of esters is 1. The molecule has 0 aromatic heterocycles. The predicted octanol–water partition coefficient (Wildman–Crippen LogP) is 2.35. The van der Waals surface area contributed by atoms with Gasteiger partial charge in [-0.15, -0.1) is 0 Å². The van der Waals surface area contributed by atoms with E-state index >= 15 is 0 Å². The molecule has 7 heteroatoms. The van der Waals surface area contributed by atoms with Crippen LogP contribution in [-0.2, 0) is 25.6 Å². The van der Waals surface area contributed by atoms with Crippen LogP contribution in [0.2, 0.25) is 0 Å². The van der Waals surface area contributed by atoms with Crippen molar-refractivity contribution >= 4 is 13.8 Å². The number of rotatable bonds is 8. The molecule has 1 fully saturated rings. The van der Waals surface area contributed by atoms with Crippen LogP contribution in [0.15, 0.2) is 54.6 Å². The lowest BCUT2D eigenvalue weighted by Crippen LogP contribution is -2.40. The molecule has 0 amide bonds. The minimum Gasteiger partial charge on any atom is -0.497 e. The summed E-state index contributed by atoms with van der Waals surface area (Å²) in [5, 5.41) is 0. The molecule has 146 valence electrons. The van der Waals surface area contributed by atoms with Crippen LogP contribution < -0.4 is 4.74 Å². The van der Waals surface area contributed by atoms with Crippen LogP contribution in [-0.4, -0.2) is 58.9 Å².